The van der Waals surface area contributed by atoms with Crippen LogP contribution in [0.2, 0.25) is 0 Å². The normalized spacial score (nSPS) is 9.76. The van der Waals surface area contributed by atoms with Gasteiger partial charge in [-0.05, 0) is 6.07 Å². The molecule has 0 amide bonds. The molecule has 0 fully saturated rings. The minimum Gasteiger partial charge on any atom is -0.469 e. The van der Waals surface area contributed by atoms with E-state index in [0.29, 0.717) is 6.07 Å². The third-order valence-electron chi connectivity index (χ3n) is 2.08. The molecule has 0 radical (unpaired) electrons. The van der Waals surface area contributed by atoms with Crippen LogP contribution in [0.5, 0.6) is 0 Å². The molecule has 1 aromatic carbocycles. The molecule has 0 aliphatic rings. The quantitative estimate of drug-likeness (QED) is 0.343. The van der Waals surface area contributed by atoms with Crippen LogP contribution in [0.4, 0.5) is 10.1 Å². The summed E-state index contributed by atoms with van der Waals surface area (Å²) in [5.74, 6) is -1.71. The zero-order valence-corrected chi connectivity index (χ0v) is 8.81. The lowest BCUT2D eigenvalue weighted by molar-refractivity contribution is -0.385. The number of carbonyl (C=O) groups excluding carboxylic acids is 2. The number of halogens is 1. The van der Waals surface area contributed by atoms with Gasteiger partial charge in [-0.15, -0.1) is 0 Å². The van der Waals surface area contributed by atoms with Crippen LogP contribution in [-0.4, -0.2) is 24.3 Å². The summed E-state index contributed by atoms with van der Waals surface area (Å²) in [6.07, 6.45) is -0.173. The molecule has 0 saturated carbocycles. The van der Waals surface area contributed by atoms with Crippen molar-refractivity contribution in [2.24, 2.45) is 0 Å². The lowest BCUT2D eigenvalue weighted by Gasteiger charge is -2.03. The Morgan fingerprint density at radius 2 is 2.24 bits per heavy atom. The van der Waals surface area contributed by atoms with E-state index < -0.39 is 28.8 Å². The van der Waals surface area contributed by atoms with Gasteiger partial charge in [-0.1, -0.05) is 0 Å². The van der Waals surface area contributed by atoms with E-state index in [2.05, 4.69) is 4.74 Å². The summed E-state index contributed by atoms with van der Waals surface area (Å²) in [7, 11) is 1.12. The van der Waals surface area contributed by atoms with Gasteiger partial charge < -0.3 is 4.74 Å². The van der Waals surface area contributed by atoms with E-state index >= 15 is 0 Å². The molecule has 1 rings (SSSR count). The first-order valence-electron chi connectivity index (χ1n) is 4.48. The van der Waals surface area contributed by atoms with Crippen LogP contribution in [0.3, 0.4) is 0 Å². The highest BCUT2D eigenvalue weighted by Crippen LogP contribution is 2.23. The summed E-state index contributed by atoms with van der Waals surface area (Å²) < 4.78 is 17.5. The van der Waals surface area contributed by atoms with Gasteiger partial charge in [-0.25, -0.2) is 4.39 Å². The van der Waals surface area contributed by atoms with Crippen LogP contribution < -0.4 is 0 Å². The van der Waals surface area contributed by atoms with Crippen molar-refractivity contribution in [3.63, 3.8) is 0 Å². The molecule has 7 heteroatoms. The van der Waals surface area contributed by atoms with E-state index in [1.165, 1.54) is 0 Å². The first-order valence-corrected chi connectivity index (χ1v) is 4.48. The van der Waals surface area contributed by atoms with Gasteiger partial charge in [0.25, 0.3) is 5.69 Å². The van der Waals surface area contributed by atoms with Crippen molar-refractivity contribution in [3.05, 3.63) is 39.2 Å². The topological polar surface area (TPSA) is 86.5 Å². The Bertz CT molecular complexity index is 486. The number of nitrogens with zero attached hydrogens (tertiary/aromatic N) is 1. The molecule has 0 saturated heterocycles. The molecule has 0 aromatic heterocycles. The van der Waals surface area contributed by atoms with Crippen LogP contribution in [0.1, 0.15) is 15.9 Å². The number of hydrogen-bond acceptors (Lipinski definition) is 5. The van der Waals surface area contributed by atoms with Gasteiger partial charge >= 0.3 is 5.97 Å². The molecule has 0 unspecified atom stereocenters. The van der Waals surface area contributed by atoms with Crippen molar-refractivity contribution in [1.82, 2.24) is 0 Å². The highest BCUT2D eigenvalue weighted by atomic mass is 19.1. The van der Waals surface area contributed by atoms with Gasteiger partial charge in [0.2, 0.25) is 0 Å². The van der Waals surface area contributed by atoms with E-state index in [0.717, 1.165) is 13.2 Å². The van der Waals surface area contributed by atoms with E-state index in [-0.39, 0.29) is 17.4 Å². The average molecular weight is 241 g/mol. The number of aldehydes is 1. The standard InChI is InChI=1S/C10H8FNO5/c1-17-10(14)3-6-2-7(5-13)8(11)4-9(6)12(15)16/h2,4-5H,3H2,1H3. The second-order valence-corrected chi connectivity index (χ2v) is 3.13. The van der Waals surface area contributed by atoms with Gasteiger partial charge in [0.05, 0.1) is 30.1 Å². The molecular weight excluding hydrogens is 233 g/mol. The molecule has 0 heterocycles. The van der Waals surface area contributed by atoms with Gasteiger partial charge in [0.1, 0.15) is 5.82 Å². The van der Waals surface area contributed by atoms with Crippen LogP contribution in [0.25, 0.3) is 0 Å². The molecule has 0 atom stereocenters. The zero-order chi connectivity index (χ0) is 13.0. The van der Waals surface area contributed by atoms with Crippen LogP contribution in [0.15, 0.2) is 12.1 Å². The number of hydrogen-bond donors (Lipinski definition) is 0. The molecule has 0 spiro atoms. The molecule has 6 nitrogen and oxygen atoms in total. The predicted octanol–water partition coefficient (Wildman–Crippen LogP) is 1.26. The average Bonchev–Trinajstić information content (AvgIpc) is 2.30. The second kappa shape index (κ2) is 5.15. The minimum absolute atomic E-state index is 0.0645. The molecule has 0 aliphatic heterocycles. The molecule has 0 N–H and O–H groups in total. The summed E-state index contributed by atoms with van der Waals surface area (Å²) in [6, 6.07) is 1.58. The first-order chi connectivity index (χ1) is 7.99. The number of methoxy groups -OCH3 is 1. The number of rotatable bonds is 4. The lowest BCUT2D eigenvalue weighted by atomic mass is 10.1. The monoisotopic (exact) mass is 241 g/mol. The number of nitro benzene ring substituents is 1. The molecular formula is C10H8FNO5. The molecule has 0 bridgehead atoms. The van der Waals surface area contributed by atoms with Crippen molar-refractivity contribution in [2.45, 2.75) is 6.42 Å². The van der Waals surface area contributed by atoms with Crippen molar-refractivity contribution in [3.8, 4) is 0 Å². The first kappa shape index (κ1) is 12.8. The summed E-state index contributed by atoms with van der Waals surface area (Å²) in [5.41, 5.74) is -0.960. The van der Waals surface area contributed by atoms with Crippen LogP contribution >= 0.6 is 0 Å². The maximum absolute atomic E-state index is 13.2. The third-order valence-corrected chi connectivity index (χ3v) is 2.08. The van der Waals surface area contributed by atoms with E-state index in [1.54, 1.807) is 0 Å². The second-order valence-electron chi connectivity index (χ2n) is 3.13. The fourth-order valence-corrected chi connectivity index (χ4v) is 1.26. The van der Waals surface area contributed by atoms with E-state index in [9.17, 15) is 24.1 Å². The van der Waals surface area contributed by atoms with Crippen molar-refractivity contribution in [2.75, 3.05) is 7.11 Å². The Balaban J connectivity index is 3.28. The number of carbonyl (C=O) groups is 2. The largest absolute Gasteiger partial charge is 0.469 e. The van der Waals surface area contributed by atoms with Crippen LogP contribution in [-0.2, 0) is 16.0 Å². The van der Waals surface area contributed by atoms with Gasteiger partial charge in [-0.3, -0.25) is 19.7 Å². The Hall–Kier alpha value is -2.31. The number of ether oxygens (including phenoxy) is 1. The molecule has 17 heavy (non-hydrogen) atoms. The Morgan fingerprint density at radius 3 is 2.71 bits per heavy atom. The fraction of sp³-hybridized carbons (Fsp3) is 0.200. The zero-order valence-electron chi connectivity index (χ0n) is 8.81. The lowest BCUT2D eigenvalue weighted by Crippen LogP contribution is -2.08. The van der Waals surface area contributed by atoms with E-state index in [4.69, 9.17) is 0 Å². The fourth-order valence-electron chi connectivity index (χ4n) is 1.26. The van der Waals surface area contributed by atoms with Gasteiger partial charge in [0, 0.05) is 5.56 Å². The minimum atomic E-state index is -1.000. The van der Waals surface area contributed by atoms with Crippen molar-refractivity contribution >= 4 is 17.9 Å². The summed E-state index contributed by atoms with van der Waals surface area (Å²) in [5, 5.41) is 10.6. The van der Waals surface area contributed by atoms with Crippen LogP contribution in [0, 0.1) is 15.9 Å². The van der Waals surface area contributed by atoms with Crippen molar-refractivity contribution in [1.29, 1.82) is 0 Å². The molecule has 90 valence electrons. The third kappa shape index (κ3) is 2.83. The van der Waals surface area contributed by atoms with Crippen molar-refractivity contribution < 1.29 is 23.6 Å². The van der Waals surface area contributed by atoms with E-state index in [1.807, 2.05) is 0 Å². The summed E-state index contributed by atoms with van der Waals surface area (Å²) in [4.78, 5) is 31.3. The maximum atomic E-state index is 13.2. The molecule has 1 aromatic rings. The maximum Gasteiger partial charge on any atom is 0.310 e. The van der Waals surface area contributed by atoms with Gasteiger partial charge in [0.15, 0.2) is 6.29 Å². The smallest absolute Gasteiger partial charge is 0.310 e. The van der Waals surface area contributed by atoms with Gasteiger partial charge in [-0.2, -0.15) is 0 Å². The Kier molecular flexibility index (Phi) is 3.86. The number of nitro groups is 1. The Morgan fingerprint density at radius 1 is 1.59 bits per heavy atom. The highest BCUT2D eigenvalue weighted by molar-refractivity contribution is 5.79. The predicted molar refractivity (Wildman–Crippen MR) is 54.2 cm³/mol. The summed E-state index contributed by atoms with van der Waals surface area (Å²) >= 11 is 0. The SMILES string of the molecule is COC(=O)Cc1cc(C=O)c(F)cc1[N+](=O)[O-]. The number of benzene rings is 1. The number of esters is 1. The highest BCUT2D eigenvalue weighted by Gasteiger charge is 2.20. The Labute approximate surface area is 95.1 Å². The summed E-state index contributed by atoms with van der Waals surface area (Å²) in [6.45, 7) is 0. The molecule has 0 aliphatic carbocycles.